The van der Waals surface area contributed by atoms with Crippen LogP contribution in [0.4, 0.5) is 27.8 Å². The Kier molecular flexibility index (Phi) is 6.46. The molecule has 1 aliphatic rings. The lowest BCUT2D eigenvalue weighted by Gasteiger charge is -2.23. The molecule has 1 fully saturated rings. The zero-order valence-corrected chi connectivity index (χ0v) is 19.6. The SMILES string of the molecule is Cc1nc(N[C@H](C)c2cccc(C(F)F)c2F)c2cn(C3(C(F)F)CC3)c(=O)c(OC(C)C)c2n1. The van der Waals surface area contributed by atoms with E-state index in [-0.39, 0.29) is 46.7 Å². The first-order valence-electron chi connectivity index (χ1n) is 11.2. The Balaban J connectivity index is 1.89. The van der Waals surface area contributed by atoms with Crippen molar-refractivity contribution in [1.82, 2.24) is 14.5 Å². The average molecular weight is 496 g/mol. The third-order valence-electron chi connectivity index (χ3n) is 6.06. The smallest absolute Gasteiger partial charge is 0.295 e. The van der Waals surface area contributed by atoms with Gasteiger partial charge in [-0.3, -0.25) is 9.36 Å². The highest BCUT2D eigenvalue weighted by atomic mass is 19.3. The fourth-order valence-corrected chi connectivity index (χ4v) is 4.10. The van der Waals surface area contributed by atoms with Crippen LogP contribution in [0.3, 0.4) is 0 Å². The molecule has 2 heterocycles. The maximum atomic E-state index is 14.7. The van der Waals surface area contributed by atoms with Crippen molar-refractivity contribution in [2.75, 3.05) is 5.32 Å². The second kappa shape index (κ2) is 9.09. The van der Waals surface area contributed by atoms with Gasteiger partial charge in [0, 0.05) is 11.8 Å². The highest BCUT2D eigenvalue weighted by Gasteiger charge is 2.54. The monoisotopic (exact) mass is 496 g/mol. The zero-order valence-electron chi connectivity index (χ0n) is 19.6. The number of aryl methyl sites for hydroxylation is 1. The van der Waals surface area contributed by atoms with E-state index >= 15 is 0 Å². The van der Waals surface area contributed by atoms with Gasteiger partial charge in [-0.25, -0.2) is 31.9 Å². The highest BCUT2D eigenvalue weighted by Crippen LogP contribution is 2.48. The van der Waals surface area contributed by atoms with Gasteiger partial charge < -0.3 is 10.1 Å². The molecule has 0 unspecified atom stereocenters. The van der Waals surface area contributed by atoms with Gasteiger partial charge in [-0.2, -0.15) is 0 Å². The quantitative estimate of drug-likeness (QED) is 0.394. The Labute approximate surface area is 198 Å². The molecule has 0 aliphatic heterocycles. The van der Waals surface area contributed by atoms with Crippen LogP contribution in [0.1, 0.15) is 63.0 Å². The van der Waals surface area contributed by atoms with Gasteiger partial charge >= 0.3 is 0 Å². The number of anilines is 1. The second-order valence-corrected chi connectivity index (χ2v) is 9.00. The van der Waals surface area contributed by atoms with Gasteiger partial charge in [0.1, 0.15) is 28.5 Å². The molecule has 0 saturated heterocycles. The summed E-state index contributed by atoms with van der Waals surface area (Å²) in [5.41, 5.74) is -3.00. The van der Waals surface area contributed by atoms with Crippen molar-refractivity contribution >= 4 is 16.7 Å². The number of aromatic nitrogens is 3. The molecule has 1 N–H and O–H groups in total. The van der Waals surface area contributed by atoms with E-state index in [1.807, 2.05) is 0 Å². The zero-order chi connectivity index (χ0) is 25.7. The summed E-state index contributed by atoms with van der Waals surface area (Å²) in [6.07, 6.45) is -4.70. The van der Waals surface area contributed by atoms with E-state index in [9.17, 15) is 26.7 Å². The van der Waals surface area contributed by atoms with E-state index < -0.39 is 47.5 Å². The summed E-state index contributed by atoms with van der Waals surface area (Å²) in [5, 5.41) is 3.20. The molecule has 6 nitrogen and oxygen atoms in total. The van der Waals surface area contributed by atoms with Crippen LogP contribution in [0, 0.1) is 12.7 Å². The number of hydrogen-bond donors (Lipinski definition) is 1. The molecule has 11 heteroatoms. The topological polar surface area (TPSA) is 69.0 Å². The minimum atomic E-state index is -2.99. The normalized spacial score (nSPS) is 15.8. The number of benzene rings is 1. The first kappa shape index (κ1) is 24.9. The van der Waals surface area contributed by atoms with Gasteiger partial charge in [-0.05, 0) is 40.5 Å². The number of alkyl halides is 4. The number of ether oxygens (including phenoxy) is 1. The summed E-state index contributed by atoms with van der Waals surface area (Å²) in [4.78, 5) is 21.9. The summed E-state index contributed by atoms with van der Waals surface area (Å²) in [6, 6.07) is 2.88. The van der Waals surface area contributed by atoms with E-state index in [1.165, 1.54) is 18.3 Å². The highest BCUT2D eigenvalue weighted by molar-refractivity contribution is 5.92. The van der Waals surface area contributed by atoms with Gasteiger partial charge in [0.2, 0.25) is 5.75 Å². The van der Waals surface area contributed by atoms with Crippen LogP contribution in [0.2, 0.25) is 0 Å². The van der Waals surface area contributed by atoms with Crippen LogP contribution in [0.15, 0.2) is 29.2 Å². The van der Waals surface area contributed by atoms with Crippen molar-refractivity contribution in [2.24, 2.45) is 0 Å². The average Bonchev–Trinajstić information content (AvgIpc) is 3.57. The van der Waals surface area contributed by atoms with Crippen LogP contribution < -0.4 is 15.6 Å². The van der Waals surface area contributed by atoms with Gasteiger partial charge in [0.25, 0.3) is 18.4 Å². The standard InChI is InChI=1S/C24H25F5N4O2/c1-11(2)35-19-18-16(10-33(22(19)34)24(8-9-24)23(28)29)21(32-13(4)31-18)30-12(3)14-6-5-7-15(17(14)25)20(26)27/h5-7,10-12,20,23H,8-9H2,1-4H3,(H,30,31,32)/t12-/m1/s1. The predicted molar refractivity (Wildman–Crippen MR) is 121 cm³/mol. The van der Waals surface area contributed by atoms with Crippen molar-refractivity contribution in [3.63, 3.8) is 0 Å². The lowest BCUT2D eigenvalue weighted by Crippen LogP contribution is -2.36. The van der Waals surface area contributed by atoms with Crippen LogP contribution in [0.5, 0.6) is 5.75 Å². The number of rotatable bonds is 8. The molecule has 0 spiro atoms. The molecule has 0 radical (unpaired) electrons. The minimum Gasteiger partial charge on any atom is -0.484 e. The fourth-order valence-electron chi connectivity index (χ4n) is 4.10. The largest absolute Gasteiger partial charge is 0.484 e. The Bertz CT molecular complexity index is 1320. The van der Waals surface area contributed by atoms with Crippen molar-refractivity contribution in [3.8, 4) is 5.75 Å². The van der Waals surface area contributed by atoms with Crippen molar-refractivity contribution in [1.29, 1.82) is 0 Å². The molecule has 188 valence electrons. The van der Waals surface area contributed by atoms with Crippen LogP contribution >= 0.6 is 0 Å². The number of nitrogens with one attached hydrogen (secondary N) is 1. The molecule has 1 aliphatic carbocycles. The summed E-state index contributed by atoms with van der Waals surface area (Å²) in [7, 11) is 0. The van der Waals surface area contributed by atoms with E-state index in [2.05, 4.69) is 15.3 Å². The molecule has 4 rings (SSSR count). The molecular formula is C24H25F5N4O2. The summed E-state index contributed by atoms with van der Waals surface area (Å²) < 4.78 is 75.7. The molecule has 0 bridgehead atoms. The number of hydrogen-bond acceptors (Lipinski definition) is 5. The lowest BCUT2D eigenvalue weighted by molar-refractivity contribution is 0.0647. The second-order valence-electron chi connectivity index (χ2n) is 9.00. The van der Waals surface area contributed by atoms with Gasteiger partial charge in [-0.15, -0.1) is 0 Å². The first-order valence-corrected chi connectivity index (χ1v) is 11.2. The lowest BCUT2D eigenvalue weighted by atomic mass is 10.0. The first-order chi connectivity index (χ1) is 16.5. The fraction of sp³-hybridized carbons (Fsp3) is 0.458. The van der Waals surface area contributed by atoms with Crippen LogP contribution in [-0.2, 0) is 5.54 Å². The molecule has 1 atom stereocenters. The van der Waals surface area contributed by atoms with Crippen LogP contribution in [0.25, 0.3) is 10.9 Å². The maximum absolute atomic E-state index is 14.7. The minimum absolute atomic E-state index is 0.0227. The Morgan fingerprint density at radius 1 is 1.09 bits per heavy atom. The summed E-state index contributed by atoms with van der Waals surface area (Å²) >= 11 is 0. The summed E-state index contributed by atoms with van der Waals surface area (Å²) in [5.74, 6) is -0.853. The number of fused-ring (bicyclic) bond motifs is 1. The summed E-state index contributed by atoms with van der Waals surface area (Å²) in [6.45, 7) is 6.51. The van der Waals surface area contributed by atoms with Crippen molar-refractivity contribution in [2.45, 2.75) is 71.1 Å². The number of halogens is 5. The van der Waals surface area contributed by atoms with Crippen molar-refractivity contribution < 1.29 is 26.7 Å². The Hall–Kier alpha value is -3.24. The van der Waals surface area contributed by atoms with Gasteiger partial charge in [0.15, 0.2) is 0 Å². The number of pyridine rings is 1. The van der Waals surface area contributed by atoms with Gasteiger partial charge in [-0.1, -0.05) is 18.2 Å². The molecular weight excluding hydrogens is 471 g/mol. The Morgan fingerprint density at radius 3 is 2.31 bits per heavy atom. The van der Waals surface area contributed by atoms with Crippen molar-refractivity contribution in [3.05, 3.63) is 57.5 Å². The molecule has 1 aromatic carbocycles. The van der Waals surface area contributed by atoms with Crippen LogP contribution in [-0.4, -0.2) is 27.1 Å². The predicted octanol–water partition coefficient (Wildman–Crippen LogP) is 5.89. The number of nitrogens with zero attached hydrogens (tertiary/aromatic N) is 3. The molecule has 2 aromatic heterocycles. The van der Waals surface area contributed by atoms with E-state index in [0.717, 1.165) is 10.6 Å². The maximum Gasteiger partial charge on any atom is 0.295 e. The van der Waals surface area contributed by atoms with E-state index in [1.54, 1.807) is 27.7 Å². The molecule has 0 amide bonds. The molecule has 3 aromatic rings. The van der Waals surface area contributed by atoms with E-state index in [4.69, 9.17) is 4.74 Å². The third kappa shape index (κ3) is 4.43. The molecule has 35 heavy (non-hydrogen) atoms. The molecule has 1 saturated carbocycles. The van der Waals surface area contributed by atoms with Gasteiger partial charge in [0.05, 0.1) is 23.1 Å². The Morgan fingerprint density at radius 2 is 1.74 bits per heavy atom. The van der Waals surface area contributed by atoms with E-state index in [0.29, 0.717) is 0 Å². The third-order valence-corrected chi connectivity index (χ3v) is 6.06.